The van der Waals surface area contributed by atoms with Gasteiger partial charge in [-0.2, -0.15) is 4.40 Å². The van der Waals surface area contributed by atoms with Gasteiger partial charge < -0.3 is 0 Å². The Morgan fingerprint density at radius 1 is 0.840 bits per heavy atom. The SMILES string of the molecule is c1ccc(-n2c3ccccc3n3c4[n+](cc23)Cc2cccnc2-4)cc1. The van der Waals surface area contributed by atoms with Crippen LogP contribution in [0.3, 0.4) is 0 Å². The van der Waals surface area contributed by atoms with E-state index in [1.165, 1.54) is 27.9 Å². The fraction of sp³-hybridized carbons (Fsp3) is 0.0476. The average molecular weight is 323 g/mol. The van der Waals surface area contributed by atoms with Gasteiger partial charge in [0.25, 0.3) is 5.65 Å². The van der Waals surface area contributed by atoms with Crippen LogP contribution in [0.5, 0.6) is 0 Å². The van der Waals surface area contributed by atoms with Crippen LogP contribution in [0, 0.1) is 0 Å². The number of fused-ring (bicyclic) bond motifs is 7. The molecular formula is C21H15N4+. The van der Waals surface area contributed by atoms with Gasteiger partial charge in [0.2, 0.25) is 0 Å². The molecular weight excluding hydrogens is 308 g/mol. The molecule has 4 nitrogen and oxygen atoms in total. The minimum Gasteiger partial charge on any atom is -0.270 e. The van der Waals surface area contributed by atoms with E-state index < -0.39 is 0 Å². The van der Waals surface area contributed by atoms with Crippen molar-refractivity contribution in [1.82, 2.24) is 14.0 Å². The maximum absolute atomic E-state index is 4.66. The standard InChI is InChI=1S/C21H15N4/c1-2-8-16(9-3-1)24-17-10-4-5-11-18(17)25-19(24)14-23-13-15-7-6-12-22-20(15)21(23)25/h1-12,14H,13H2/q+1. The highest BCUT2D eigenvalue weighted by atomic mass is 15.2. The van der Waals surface area contributed by atoms with E-state index in [2.05, 4.69) is 85.4 Å². The van der Waals surface area contributed by atoms with Crippen molar-refractivity contribution in [2.24, 2.45) is 0 Å². The molecule has 0 atom stereocenters. The molecule has 118 valence electrons. The quantitative estimate of drug-likeness (QED) is 0.425. The largest absolute Gasteiger partial charge is 0.315 e. The van der Waals surface area contributed by atoms with Gasteiger partial charge in [-0.05, 0) is 30.3 Å². The molecule has 1 aliphatic heterocycles. The van der Waals surface area contributed by atoms with Crippen molar-refractivity contribution in [2.75, 3.05) is 0 Å². The summed E-state index contributed by atoms with van der Waals surface area (Å²) in [6.45, 7) is 0.878. The van der Waals surface area contributed by atoms with Crippen LogP contribution in [0.1, 0.15) is 5.56 Å². The van der Waals surface area contributed by atoms with Crippen molar-refractivity contribution in [3.63, 3.8) is 0 Å². The predicted octanol–water partition coefficient (Wildman–Crippen LogP) is 3.59. The Morgan fingerprint density at radius 3 is 2.52 bits per heavy atom. The Kier molecular flexibility index (Phi) is 2.37. The summed E-state index contributed by atoms with van der Waals surface area (Å²) in [6.07, 6.45) is 4.12. The first-order valence-electron chi connectivity index (χ1n) is 8.46. The zero-order chi connectivity index (χ0) is 16.4. The van der Waals surface area contributed by atoms with Crippen LogP contribution in [-0.4, -0.2) is 14.0 Å². The van der Waals surface area contributed by atoms with E-state index in [1.54, 1.807) is 0 Å². The molecule has 6 rings (SSSR count). The first-order chi connectivity index (χ1) is 12.4. The van der Waals surface area contributed by atoms with Crippen LogP contribution in [0.25, 0.3) is 33.9 Å². The van der Waals surface area contributed by atoms with Crippen LogP contribution in [0.15, 0.2) is 79.1 Å². The second-order valence-corrected chi connectivity index (χ2v) is 6.45. The highest BCUT2D eigenvalue weighted by Crippen LogP contribution is 2.32. The van der Waals surface area contributed by atoms with Crippen LogP contribution in [0.2, 0.25) is 0 Å². The van der Waals surface area contributed by atoms with Gasteiger partial charge in [0.05, 0.1) is 5.52 Å². The Hall–Kier alpha value is -3.40. The third-order valence-electron chi connectivity index (χ3n) is 5.04. The number of para-hydroxylation sites is 3. The van der Waals surface area contributed by atoms with E-state index in [0.29, 0.717) is 0 Å². The molecule has 0 N–H and O–H groups in total. The zero-order valence-electron chi connectivity index (χ0n) is 13.5. The summed E-state index contributed by atoms with van der Waals surface area (Å²) in [7, 11) is 0. The first-order valence-corrected chi connectivity index (χ1v) is 8.46. The van der Waals surface area contributed by atoms with Crippen molar-refractivity contribution in [2.45, 2.75) is 6.54 Å². The van der Waals surface area contributed by atoms with Crippen LogP contribution < -0.4 is 4.57 Å². The van der Waals surface area contributed by atoms with Crippen LogP contribution in [-0.2, 0) is 6.54 Å². The van der Waals surface area contributed by atoms with Crippen molar-refractivity contribution >= 4 is 16.7 Å². The molecule has 0 saturated heterocycles. The molecule has 3 aromatic heterocycles. The maximum atomic E-state index is 4.66. The van der Waals surface area contributed by atoms with Gasteiger partial charge in [0.1, 0.15) is 6.54 Å². The van der Waals surface area contributed by atoms with E-state index in [9.17, 15) is 0 Å². The number of hydrogen-bond acceptors (Lipinski definition) is 1. The zero-order valence-corrected chi connectivity index (χ0v) is 13.5. The molecule has 25 heavy (non-hydrogen) atoms. The fourth-order valence-electron chi connectivity index (χ4n) is 4.02. The molecule has 0 unspecified atom stereocenters. The second kappa shape index (κ2) is 4.57. The number of nitrogens with zero attached hydrogens (tertiary/aromatic N) is 4. The molecule has 0 radical (unpaired) electrons. The van der Waals surface area contributed by atoms with Crippen LogP contribution in [0.4, 0.5) is 0 Å². The number of hydrogen-bond donors (Lipinski definition) is 0. The molecule has 0 bridgehead atoms. The lowest BCUT2D eigenvalue weighted by molar-refractivity contribution is -0.670. The average Bonchev–Trinajstić information content (AvgIpc) is 3.28. The summed E-state index contributed by atoms with van der Waals surface area (Å²) in [5.41, 5.74) is 7.11. The molecule has 0 saturated carbocycles. The summed E-state index contributed by atoms with van der Waals surface area (Å²) in [6, 6.07) is 23.3. The minimum atomic E-state index is 0.878. The summed E-state index contributed by atoms with van der Waals surface area (Å²) < 4.78 is 6.96. The molecule has 1 aliphatic rings. The van der Waals surface area contributed by atoms with Crippen LogP contribution >= 0.6 is 0 Å². The monoisotopic (exact) mass is 323 g/mol. The van der Waals surface area contributed by atoms with Gasteiger partial charge in [-0.15, -0.1) is 0 Å². The predicted molar refractivity (Wildman–Crippen MR) is 96.8 cm³/mol. The van der Waals surface area contributed by atoms with Crippen molar-refractivity contribution in [3.05, 3.63) is 84.7 Å². The van der Waals surface area contributed by atoms with E-state index in [4.69, 9.17) is 0 Å². The highest BCUT2D eigenvalue weighted by Gasteiger charge is 2.34. The Morgan fingerprint density at radius 2 is 1.64 bits per heavy atom. The molecule has 4 heterocycles. The Bertz CT molecular complexity index is 1260. The fourth-order valence-corrected chi connectivity index (χ4v) is 4.02. The third kappa shape index (κ3) is 1.61. The van der Waals surface area contributed by atoms with E-state index in [0.717, 1.165) is 18.1 Å². The smallest absolute Gasteiger partial charge is 0.270 e. The van der Waals surface area contributed by atoms with E-state index in [-0.39, 0.29) is 0 Å². The van der Waals surface area contributed by atoms with Gasteiger partial charge in [-0.1, -0.05) is 36.4 Å². The number of imidazole rings is 2. The summed E-state index contributed by atoms with van der Waals surface area (Å²) in [5.74, 6) is 1.16. The second-order valence-electron chi connectivity index (χ2n) is 6.45. The summed E-state index contributed by atoms with van der Waals surface area (Å²) >= 11 is 0. The number of aromatic nitrogens is 4. The molecule has 0 spiro atoms. The lowest BCUT2D eigenvalue weighted by atomic mass is 10.2. The lowest BCUT2D eigenvalue weighted by Crippen LogP contribution is -2.29. The third-order valence-corrected chi connectivity index (χ3v) is 5.04. The number of pyridine rings is 1. The molecule has 0 amide bonds. The molecule has 4 heteroatoms. The van der Waals surface area contributed by atoms with Crippen molar-refractivity contribution < 1.29 is 4.57 Å². The normalized spacial score (nSPS) is 12.6. The number of benzene rings is 2. The van der Waals surface area contributed by atoms with Gasteiger partial charge in [-0.25, -0.2) is 9.55 Å². The molecule has 5 aromatic rings. The first kappa shape index (κ1) is 13.0. The molecule has 0 fully saturated rings. The summed E-state index contributed by atoms with van der Waals surface area (Å²) in [5, 5.41) is 0. The number of rotatable bonds is 1. The lowest BCUT2D eigenvalue weighted by Gasteiger charge is -2.02. The Balaban J connectivity index is 1.81. The van der Waals surface area contributed by atoms with E-state index >= 15 is 0 Å². The van der Waals surface area contributed by atoms with Gasteiger partial charge >= 0.3 is 5.82 Å². The van der Waals surface area contributed by atoms with Crippen molar-refractivity contribution in [3.8, 4) is 17.2 Å². The van der Waals surface area contributed by atoms with Gasteiger partial charge in [-0.3, -0.25) is 4.57 Å². The van der Waals surface area contributed by atoms with E-state index in [1.807, 2.05) is 12.3 Å². The van der Waals surface area contributed by atoms with Gasteiger partial charge in [0.15, 0.2) is 17.4 Å². The summed E-state index contributed by atoms with van der Waals surface area (Å²) in [4.78, 5) is 4.66. The topological polar surface area (TPSA) is 26.1 Å². The minimum absolute atomic E-state index is 0.878. The van der Waals surface area contributed by atoms with Crippen molar-refractivity contribution in [1.29, 1.82) is 0 Å². The highest BCUT2D eigenvalue weighted by molar-refractivity contribution is 5.86. The maximum Gasteiger partial charge on any atom is 0.315 e. The Labute approximate surface area is 144 Å². The van der Waals surface area contributed by atoms with Gasteiger partial charge in [0, 0.05) is 17.4 Å². The molecule has 0 aliphatic carbocycles. The molecule has 2 aromatic carbocycles.